The lowest BCUT2D eigenvalue weighted by atomic mass is 9.95. The third-order valence-corrected chi connectivity index (χ3v) is 4.02. The van der Waals surface area contributed by atoms with E-state index in [1.54, 1.807) is 6.07 Å². The van der Waals surface area contributed by atoms with Crippen LogP contribution in [0.15, 0.2) is 36.9 Å². The number of phenolic OH excluding ortho intramolecular Hbond substituents is 1. The maximum absolute atomic E-state index is 9.55. The average Bonchev–Trinajstić information content (AvgIpc) is 2.83. The fraction of sp³-hybridized carbons (Fsp3) is 0.429. The van der Waals surface area contributed by atoms with Gasteiger partial charge >= 0.3 is 0 Å². The smallest absolute Gasteiger partial charge is 0.115 e. The second-order valence-electron chi connectivity index (χ2n) is 5.09. The third-order valence-electron chi connectivity index (χ3n) is 4.02. The Kier molecular flexibility index (Phi) is 2.08. The molecule has 1 aliphatic heterocycles. The molecule has 2 fully saturated rings. The Morgan fingerprint density at radius 3 is 3.19 bits per heavy atom. The molecule has 84 valence electrons. The number of likely N-dealkylation sites (tertiary alicyclic amines) is 1. The molecule has 2 unspecified atom stereocenters. The highest BCUT2D eigenvalue weighted by molar-refractivity contribution is 5.40. The summed E-state index contributed by atoms with van der Waals surface area (Å²) in [6.07, 6.45) is 3.25. The molecule has 1 aliphatic carbocycles. The van der Waals surface area contributed by atoms with E-state index in [2.05, 4.69) is 17.5 Å². The molecule has 2 heteroatoms. The summed E-state index contributed by atoms with van der Waals surface area (Å²) in [7, 11) is 0. The zero-order chi connectivity index (χ0) is 11.2. The Bertz CT molecular complexity index is 428. The molecule has 0 radical (unpaired) electrons. The summed E-state index contributed by atoms with van der Waals surface area (Å²) in [5.41, 5.74) is 1.64. The number of hydrogen-bond acceptors (Lipinski definition) is 2. The predicted molar refractivity (Wildman–Crippen MR) is 64.5 cm³/mol. The van der Waals surface area contributed by atoms with Crippen LogP contribution in [0.4, 0.5) is 0 Å². The van der Waals surface area contributed by atoms with Crippen LogP contribution in [0, 0.1) is 5.92 Å². The molecule has 0 spiro atoms. The number of phenols is 1. The summed E-state index contributed by atoms with van der Waals surface area (Å²) in [5.74, 6) is 1.17. The molecule has 1 aromatic rings. The standard InChI is InChI=1S/C14H17NO/c1-2-6-15-9-12-8-14(12,10-15)11-4-3-5-13(16)7-11/h2-5,7,12,16H,1,6,8-10H2. The number of nitrogens with zero attached hydrogens (tertiary/aromatic N) is 1. The minimum absolute atomic E-state index is 0.335. The van der Waals surface area contributed by atoms with Crippen molar-refractivity contribution in [2.45, 2.75) is 11.8 Å². The minimum Gasteiger partial charge on any atom is -0.508 e. The average molecular weight is 215 g/mol. The van der Waals surface area contributed by atoms with Gasteiger partial charge in [0.2, 0.25) is 0 Å². The van der Waals surface area contributed by atoms with Crippen LogP contribution in [0.2, 0.25) is 0 Å². The van der Waals surface area contributed by atoms with Gasteiger partial charge in [0.1, 0.15) is 5.75 Å². The van der Waals surface area contributed by atoms with Gasteiger partial charge < -0.3 is 5.11 Å². The highest BCUT2D eigenvalue weighted by Crippen LogP contribution is 2.59. The van der Waals surface area contributed by atoms with E-state index >= 15 is 0 Å². The Morgan fingerprint density at radius 2 is 2.44 bits per heavy atom. The molecule has 1 N–H and O–H groups in total. The van der Waals surface area contributed by atoms with E-state index in [0.29, 0.717) is 11.2 Å². The maximum Gasteiger partial charge on any atom is 0.115 e. The van der Waals surface area contributed by atoms with Gasteiger partial charge in [-0.05, 0) is 30.0 Å². The largest absolute Gasteiger partial charge is 0.508 e. The van der Waals surface area contributed by atoms with Crippen LogP contribution >= 0.6 is 0 Å². The minimum atomic E-state index is 0.335. The lowest BCUT2D eigenvalue weighted by Crippen LogP contribution is -2.26. The molecule has 1 saturated heterocycles. The van der Waals surface area contributed by atoms with Gasteiger partial charge in [0.15, 0.2) is 0 Å². The van der Waals surface area contributed by atoms with E-state index < -0.39 is 0 Å². The van der Waals surface area contributed by atoms with Gasteiger partial charge in [-0.25, -0.2) is 0 Å². The van der Waals surface area contributed by atoms with Crippen molar-refractivity contribution in [3.63, 3.8) is 0 Å². The molecule has 2 aliphatic rings. The first kappa shape index (κ1) is 9.91. The number of piperidine rings is 1. The van der Waals surface area contributed by atoms with Gasteiger partial charge in [0, 0.05) is 25.0 Å². The lowest BCUT2D eigenvalue weighted by molar-refractivity contribution is 0.329. The summed E-state index contributed by atoms with van der Waals surface area (Å²) < 4.78 is 0. The van der Waals surface area contributed by atoms with Crippen LogP contribution in [0.25, 0.3) is 0 Å². The van der Waals surface area contributed by atoms with Crippen LogP contribution in [0.3, 0.4) is 0 Å². The number of rotatable bonds is 3. The third kappa shape index (κ3) is 1.37. The Balaban J connectivity index is 1.84. The molecule has 2 atom stereocenters. The van der Waals surface area contributed by atoms with Crippen LogP contribution in [-0.2, 0) is 5.41 Å². The molecule has 0 amide bonds. The number of aromatic hydroxyl groups is 1. The highest BCUT2D eigenvalue weighted by atomic mass is 16.3. The van der Waals surface area contributed by atoms with Gasteiger partial charge in [-0.15, -0.1) is 6.58 Å². The molecular weight excluding hydrogens is 198 g/mol. The molecule has 1 heterocycles. The second kappa shape index (κ2) is 3.36. The normalized spacial score (nSPS) is 32.4. The Morgan fingerprint density at radius 1 is 1.56 bits per heavy atom. The zero-order valence-electron chi connectivity index (χ0n) is 9.39. The van der Waals surface area contributed by atoms with Crippen molar-refractivity contribution in [1.29, 1.82) is 0 Å². The Hall–Kier alpha value is -1.28. The van der Waals surface area contributed by atoms with Crippen LogP contribution in [0.5, 0.6) is 5.75 Å². The van der Waals surface area contributed by atoms with E-state index in [4.69, 9.17) is 0 Å². The molecular formula is C14H17NO. The van der Waals surface area contributed by atoms with Crippen molar-refractivity contribution in [1.82, 2.24) is 4.90 Å². The first-order chi connectivity index (χ1) is 7.74. The number of benzene rings is 1. The van der Waals surface area contributed by atoms with Crippen molar-refractivity contribution in [3.8, 4) is 5.75 Å². The molecule has 1 aromatic carbocycles. The van der Waals surface area contributed by atoms with Crippen molar-refractivity contribution in [3.05, 3.63) is 42.5 Å². The summed E-state index contributed by atoms with van der Waals surface area (Å²) in [6, 6.07) is 7.77. The number of fused-ring (bicyclic) bond motifs is 1. The zero-order valence-corrected chi connectivity index (χ0v) is 9.39. The van der Waals surface area contributed by atoms with Gasteiger partial charge in [0.05, 0.1) is 0 Å². The van der Waals surface area contributed by atoms with E-state index in [9.17, 15) is 5.11 Å². The topological polar surface area (TPSA) is 23.5 Å². The first-order valence-corrected chi connectivity index (χ1v) is 5.87. The molecule has 3 rings (SSSR count). The summed E-state index contributed by atoms with van der Waals surface area (Å²) in [5, 5.41) is 9.55. The van der Waals surface area contributed by atoms with Crippen LogP contribution < -0.4 is 0 Å². The lowest BCUT2D eigenvalue weighted by Gasteiger charge is -2.19. The van der Waals surface area contributed by atoms with Gasteiger partial charge in [-0.2, -0.15) is 0 Å². The van der Waals surface area contributed by atoms with Gasteiger partial charge in [-0.1, -0.05) is 18.2 Å². The SMILES string of the molecule is C=CCN1CC2CC2(c2cccc(O)c2)C1. The quantitative estimate of drug-likeness (QED) is 0.781. The summed E-state index contributed by atoms with van der Waals surface area (Å²) >= 11 is 0. The highest BCUT2D eigenvalue weighted by Gasteiger charge is 2.60. The predicted octanol–water partition coefficient (Wildman–Crippen LogP) is 2.15. The van der Waals surface area contributed by atoms with E-state index in [0.717, 1.165) is 19.0 Å². The monoisotopic (exact) mass is 215 g/mol. The molecule has 0 aromatic heterocycles. The summed E-state index contributed by atoms with van der Waals surface area (Å²) in [4.78, 5) is 2.45. The molecule has 16 heavy (non-hydrogen) atoms. The van der Waals surface area contributed by atoms with Crippen molar-refractivity contribution in [2.75, 3.05) is 19.6 Å². The maximum atomic E-state index is 9.55. The van der Waals surface area contributed by atoms with E-state index in [1.807, 2.05) is 18.2 Å². The second-order valence-corrected chi connectivity index (χ2v) is 5.09. The van der Waals surface area contributed by atoms with E-state index in [-0.39, 0.29) is 0 Å². The van der Waals surface area contributed by atoms with E-state index in [1.165, 1.54) is 18.5 Å². The molecule has 1 saturated carbocycles. The van der Waals surface area contributed by atoms with Gasteiger partial charge in [0.25, 0.3) is 0 Å². The molecule has 0 bridgehead atoms. The van der Waals surface area contributed by atoms with Crippen molar-refractivity contribution in [2.24, 2.45) is 5.92 Å². The van der Waals surface area contributed by atoms with Crippen molar-refractivity contribution < 1.29 is 5.11 Å². The summed E-state index contributed by atoms with van der Waals surface area (Å²) in [6.45, 7) is 7.08. The first-order valence-electron chi connectivity index (χ1n) is 5.87. The van der Waals surface area contributed by atoms with Crippen LogP contribution in [-0.4, -0.2) is 29.6 Å². The fourth-order valence-corrected chi connectivity index (χ4v) is 3.17. The fourth-order valence-electron chi connectivity index (χ4n) is 3.17. The van der Waals surface area contributed by atoms with Crippen molar-refractivity contribution >= 4 is 0 Å². The number of hydrogen-bond donors (Lipinski definition) is 1. The Labute approximate surface area is 96.2 Å². The van der Waals surface area contributed by atoms with Gasteiger partial charge in [-0.3, -0.25) is 4.90 Å². The molecule has 2 nitrogen and oxygen atoms in total. The van der Waals surface area contributed by atoms with Crippen LogP contribution in [0.1, 0.15) is 12.0 Å².